The lowest BCUT2D eigenvalue weighted by Gasteiger charge is -2.29. The molecule has 0 atom stereocenters. The van der Waals surface area contributed by atoms with Gasteiger partial charge in [0.2, 0.25) is 0 Å². The topological polar surface area (TPSA) is 3.24 Å². The lowest BCUT2D eigenvalue weighted by molar-refractivity contribution is 1.28. The summed E-state index contributed by atoms with van der Waals surface area (Å²) in [6, 6.07) is 95.2. The minimum Gasteiger partial charge on any atom is -0.310 e. The standard InChI is InChI=1S/C64H43N/c1-4-17-44(18-5-1)50-36-42-62(61(43-50)45-19-6-2-7-20-45)65(52-39-33-48(34-40-52)55-41-35-46-21-10-11-24-53(46)63(55)49-22-8-3-9-23-49)51-37-31-47(32-38-51)54-29-16-30-60-58-26-13-12-25-56(58)57-27-14-15-28-59(57)64(54)60/h1-43H. The van der Waals surface area contributed by atoms with Crippen molar-refractivity contribution >= 4 is 60.2 Å². The van der Waals surface area contributed by atoms with Crippen molar-refractivity contribution in [3.05, 3.63) is 261 Å². The van der Waals surface area contributed by atoms with E-state index in [2.05, 4.69) is 266 Å². The Kier molecular flexibility index (Phi) is 9.58. The molecule has 65 heavy (non-hydrogen) atoms. The zero-order chi connectivity index (χ0) is 43.1. The highest BCUT2D eigenvalue weighted by Crippen LogP contribution is 2.46. The van der Waals surface area contributed by atoms with Gasteiger partial charge >= 0.3 is 0 Å². The molecule has 0 aromatic heterocycles. The quantitative estimate of drug-likeness (QED) is 0.138. The second-order valence-electron chi connectivity index (χ2n) is 16.8. The average Bonchev–Trinajstić information content (AvgIpc) is 3.39. The van der Waals surface area contributed by atoms with Crippen molar-refractivity contribution in [3.63, 3.8) is 0 Å². The van der Waals surface area contributed by atoms with Crippen LogP contribution in [0.3, 0.4) is 0 Å². The van der Waals surface area contributed by atoms with Gasteiger partial charge in [-0.25, -0.2) is 0 Å². The fourth-order valence-corrected chi connectivity index (χ4v) is 10.0. The molecule has 0 saturated heterocycles. The summed E-state index contributed by atoms with van der Waals surface area (Å²) in [4.78, 5) is 2.43. The molecule has 0 amide bonds. The Morgan fingerprint density at radius 1 is 0.231 bits per heavy atom. The van der Waals surface area contributed by atoms with Crippen molar-refractivity contribution in [1.82, 2.24) is 0 Å². The zero-order valence-corrected chi connectivity index (χ0v) is 35.8. The Labute approximate surface area is 379 Å². The summed E-state index contributed by atoms with van der Waals surface area (Å²) in [6.45, 7) is 0. The van der Waals surface area contributed by atoms with Gasteiger partial charge in [-0.05, 0) is 130 Å². The van der Waals surface area contributed by atoms with Crippen molar-refractivity contribution in [3.8, 4) is 55.6 Å². The van der Waals surface area contributed by atoms with Crippen molar-refractivity contribution in [1.29, 1.82) is 0 Å². The number of hydrogen-bond acceptors (Lipinski definition) is 1. The molecular formula is C64H43N. The largest absolute Gasteiger partial charge is 0.310 e. The second kappa shape index (κ2) is 16.3. The predicted molar refractivity (Wildman–Crippen MR) is 278 cm³/mol. The first-order valence-corrected chi connectivity index (χ1v) is 22.4. The number of hydrogen-bond donors (Lipinski definition) is 0. The third-order valence-electron chi connectivity index (χ3n) is 13.1. The third kappa shape index (κ3) is 6.82. The van der Waals surface area contributed by atoms with E-state index in [0.29, 0.717) is 0 Å². The molecule has 0 N–H and O–H groups in total. The number of fused-ring (bicyclic) bond motifs is 7. The average molecular weight is 826 g/mol. The molecule has 0 radical (unpaired) electrons. The highest BCUT2D eigenvalue weighted by atomic mass is 15.1. The van der Waals surface area contributed by atoms with Crippen molar-refractivity contribution in [2.24, 2.45) is 0 Å². The number of nitrogens with zero attached hydrogens (tertiary/aromatic N) is 1. The highest BCUT2D eigenvalue weighted by Gasteiger charge is 2.21. The molecule has 0 aliphatic carbocycles. The molecule has 0 unspecified atom stereocenters. The van der Waals surface area contributed by atoms with Crippen LogP contribution in [-0.2, 0) is 0 Å². The molecule has 0 bridgehead atoms. The molecule has 0 spiro atoms. The van der Waals surface area contributed by atoms with Gasteiger partial charge in [0, 0.05) is 16.9 Å². The minimum absolute atomic E-state index is 1.08. The maximum atomic E-state index is 2.43. The predicted octanol–water partition coefficient (Wildman–Crippen LogP) is 18.1. The summed E-state index contributed by atoms with van der Waals surface area (Å²) in [7, 11) is 0. The Balaban J connectivity index is 1.03. The van der Waals surface area contributed by atoms with Crippen LogP contribution in [-0.4, -0.2) is 0 Å². The SMILES string of the molecule is c1ccc(-c2ccc(N(c3ccc(-c4ccc5ccccc5c4-c4ccccc4)cc3)c3ccc(-c4cccc5c6ccccc6c6ccccc6c45)cc3)c(-c3ccccc3)c2)cc1. The minimum atomic E-state index is 1.08. The maximum absolute atomic E-state index is 2.43. The van der Waals surface area contributed by atoms with Crippen LogP contribution < -0.4 is 4.90 Å². The van der Waals surface area contributed by atoms with E-state index in [1.54, 1.807) is 0 Å². The molecule has 304 valence electrons. The number of benzene rings is 12. The lowest BCUT2D eigenvalue weighted by Crippen LogP contribution is -2.11. The van der Waals surface area contributed by atoms with Gasteiger partial charge in [-0.1, -0.05) is 224 Å². The summed E-state index contributed by atoms with van der Waals surface area (Å²) in [5, 5.41) is 10.2. The number of rotatable bonds is 8. The molecule has 12 rings (SSSR count). The van der Waals surface area contributed by atoms with E-state index in [1.165, 1.54) is 87.6 Å². The van der Waals surface area contributed by atoms with Gasteiger partial charge in [0.05, 0.1) is 5.69 Å². The Hall–Kier alpha value is -8.52. The van der Waals surface area contributed by atoms with Crippen LogP contribution in [0.4, 0.5) is 17.1 Å². The molecule has 1 nitrogen and oxygen atoms in total. The molecule has 0 aliphatic rings. The monoisotopic (exact) mass is 825 g/mol. The van der Waals surface area contributed by atoms with Gasteiger partial charge in [-0.3, -0.25) is 0 Å². The van der Waals surface area contributed by atoms with Crippen LogP contribution in [0.2, 0.25) is 0 Å². The smallest absolute Gasteiger partial charge is 0.0540 e. The van der Waals surface area contributed by atoms with Crippen LogP contribution in [0, 0.1) is 0 Å². The Morgan fingerprint density at radius 2 is 0.677 bits per heavy atom. The van der Waals surface area contributed by atoms with Gasteiger partial charge in [0.1, 0.15) is 0 Å². The van der Waals surface area contributed by atoms with Gasteiger partial charge < -0.3 is 4.90 Å². The van der Waals surface area contributed by atoms with Crippen LogP contribution >= 0.6 is 0 Å². The zero-order valence-electron chi connectivity index (χ0n) is 35.8. The van der Waals surface area contributed by atoms with E-state index in [-0.39, 0.29) is 0 Å². The molecular weight excluding hydrogens is 783 g/mol. The Morgan fingerprint density at radius 3 is 1.29 bits per heavy atom. The first-order chi connectivity index (χ1) is 32.3. The normalized spacial score (nSPS) is 11.4. The van der Waals surface area contributed by atoms with Gasteiger partial charge in [-0.15, -0.1) is 0 Å². The summed E-state index contributed by atoms with van der Waals surface area (Å²) in [6.07, 6.45) is 0. The first kappa shape index (κ1) is 38.2. The highest BCUT2D eigenvalue weighted by molar-refractivity contribution is 6.28. The summed E-state index contributed by atoms with van der Waals surface area (Å²) in [5.74, 6) is 0. The van der Waals surface area contributed by atoms with E-state index in [1.807, 2.05) is 0 Å². The molecule has 1 heteroatoms. The van der Waals surface area contributed by atoms with Crippen LogP contribution in [0.1, 0.15) is 0 Å². The van der Waals surface area contributed by atoms with Gasteiger partial charge in [0.15, 0.2) is 0 Å². The van der Waals surface area contributed by atoms with Gasteiger partial charge in [0.25, 0.3) is 0 Å². The molecule has 12 aromatic carbocycles. The maximum Gasteiger partial charge on any atom is 0.0540 e. The first-order valence-electron chi connectivity index (χ1n) is 22.4. The second-order valence-corrected chi connectivity index (χ2v) is 16.8. The fraction of sp³-hybridized carbons (Fsp3) is 0. The van der Waals surface area contributed by atoms with Crippen LogP contribution in [0.5, 0.6) is 0 Å². The fourth-order valence-electron chi connectivity index (χ4n) is 10.0. The van der Waals surface area contributed by atoms with Crippen LogP contribution in [0.15, 0.2) is 261 Å². The van der Waals surface area contributed by atoms with Crippen molar-refractivity contribution in [2.75, 3.05) is 4.90 Å². The van der Waals surface area contributed by atoms with Crippen molar-refractivity contribution < 1.29 is 0 Å². The van der Waals surface area contributed by atoms with E-state index in [9.17, 15) is 0 Å². The van der Waals surface area contributed by atoms with E-state index in [0.717, 1.165) is 28.2 Å². The van der Waals surface area contributed by atoms with Crippen LogP contribution in [0.25, 0.3) is 98.7 Å². The van der Waals surface area contributed by atoms with Gasteiger partial charge in [-0.2, -0.15) is 0 Å². The summed E-state index contributed by atoms with van der Waals surface area (Å²) >= 11 is 0. The molecule has 0 aliphatic heterocycles. The van der Waals surface area contributed by atoms with E-state index in [4.69, 9.17) is 0 Å². The lowest BCUT2D eigenvalue weighted by atomic mass is 9.89. The third-order valence-corrected chi connectivity index (χ3v) is 13.1. The van der Waals surface area contributed by atoms with Crippen molar-refractivity contribution in [2.45, 2.75) is 0 Å². The summed E-state index contributed by atoms with van der Waals surface area (Å²) in [5.41, 5.74) is 15.2. The van der Waals surface area contributed by atoms with E-state index < -0.39 is 0 Å². The van der Waals surface area contributed by atoms with E-state index >= 15 is 0 Å². The summed E-state index contributed by atoms with van der Waals surface area (Å²) < 4.78 is 0. The number of anilines is 3. The molecule has 12 aromatic rings. The molecule has 0 fully saturated rings. The Bertz CT molecular complexity index is 3620. The molecule has 0 saturated carbocycles. The molecule has 0 heterocycles.